The SMILES string of the molecule is CC1(O)CCC(n2cc(C(C)(C)C)cn2)CC1. The maximum atomic E-state index is 9.94. The molecular weight excluding hydrogens is 212 g/mol. The van der Waals surface area contributed by atoms with Crippen LogP contribution in [0.25, 0.3) is 0 Å². The third kappa shape index (κ3) is 2.89. The minimum absolute atomic E-state index is 0.165. The minimum atomic E-state index is -0.462. The van der Waals surface area contributed by atoms with Crippen LogP contribution in [0.2, 0.25) is 0 Å². The molecule has 0 saturated heterocycles. The summed E-state index contributed by atoms with van der Waals surface area (Å²) in [5, 5.41) is 14.4. The summed E-state index contributed by atoms with van der Waals surface area (Å²) >= 11 is 0. The summed E-state index contributed by atoms with van der Waals surface area (Å²) in [5.74, 6) is 0. The molecule has 1 aromatic rings. The van der Waals surface area contributed by atoms with Gasteiger partial charge in [-0.1, -0.05) is 20.8 Å². The second-order valence-electron chi connectivity index (χ2n) is 6.69. The molecule has 0 atom stereocenters. The first-order chi connectivity index (χ1) is 7.78. The van der Waals surface area contributed by atoms with Crippen LogP contribution in [0, 0.1) is 0 Å². The Morgan fingerprint density at radius 2 is 1.94 bits per heavy atom. The van der Waals surface area contributed by atoms with Gasteiger partial charge in [-0.05, 0) is 43.6 Å². The van der Waals surface area contributed by atoms with E-state index in [4.69, 9.17) is 0 Å². The van der Waals surface area contributed by atoms with Crippen molar-refractivity contribution < 1.29 is 5.11 Å². The topological polar surface area (TPSA) is 38.0 Å². The molecule has 1 aliphatic carbocycles. The number of rotatable bonds is 1. The van der Waals surface area contributed by atoms with E-state index in [9.17, 15) is 5.11 Å². The normalized spacial score (nSPS) is 30.5. The Morgan fingerprint density at radius 1 is 1.35 bits per heavy atom. The number of nitrogens with zero attached hydrogens (tertiary/aromatic N) is 2. The summed E-state index contributed by atoms with van der Waals surface area (Å²) in [5.41, 5.74) is 0.990. The number of hydrogen-bond donors (Lipinski definition) is 1. The lowest BCUT2D eigenvalue weighted by Gasteiger charge is -2.33. The van der Waals surface area contributed by atoms with Crippen molar-refractivity contribution in [1.29, 1.82) is 0 Å². The first kappa shape index (κ1) is 12.6. The monoisotopic (exact) mass is 236 g/mol. The van der Waals surface area contributed by atoms with E-state index in [1.54, 1.807) is 0 Å². The van der Waals surface area contributed by atoms with Crippen molar-refractivity contribution in [1.82, 2.24) is 9.78 Å². The Labute approximate surface area is 104 Å². The molecule has 1 heterocycles. The highest BCUT2D eigenvalue weighted by molar-refractivity contribution is 5.15. The van der Waals surface area contributed by atoms with Crippen molar-refractivity contribution >= 4 is 0 Å². The van der Waals surface area contributed by atoms with Crippen LogP contribution in [0.4, 0.5) is 0 Å². The Bertz CT molecular complexity index is 377. The van der Waals surface area contributed by atoms with Crippen molar-refractivity contribution in [3.63, 3.8) is 0 Å². The number of aromatic nitrogens is 2. The molecule has 0 radical (unpaired) electrons. The summed E-state index contributed by atoms with van der Waals surface area (Å²) in [6, 6.07) is 0.464. The van der Waals surface area contributed by atoms with E-state index in [-0.39, 0.29) is 5.41 Å². The number of aliphatic hydroxyl groups is 1. The third-order valence-corrected chi connectivity index (χ3v) is 3.87. The Hall–Kier alpha value is -0.830. The van der Waals surface area contributed by atoms with Gasteiger partial charge in [0, 0.05) is 6.20 Å². The van der Waals surface area contributed by atoms with Crippen LogP contribution < -0.4 is 0 Å². The molecule has 0 aliphatic heterocycles. The second kappa shape index (κ2) is 4.13. The quantitative estimate of drug-likeness (QED) is 0.814. The second-order valence-corrected chi connectivity index (χ2v) is 6.69. The Kier molecular flexibility index (Phi) is 3.06. The maximum absolute atomic E-state index is 9.94. The lowest BCUT2D eigenvalue weighted by molar-refractivity contribution is 0.00849. The molecule has 1 aliphatic rings. The van der Waals surface area contributed by atoms with Crippen LogP contribution in [0.15, 0.2) is 12.4 Å². The van der Waals surface area contributed by atoms with Crippen LogP contribution >= 0.6 is 0 Å². The molecule has 0 bridgehead atoms. The highest BCUT2D eigenvalue weighted by atomic mass is 16.3. The highest BCUT2D eigenvalue weighted by Crippen LogP contribution is 2.34. The zero-order chi connectivity index (χ0) is 12.7. The Balaban J connectivity index is 2.07. The minimum Gasteiger partial charge on any atom is -0.390 e. The number of hydrogen-bond acceptors (Lipinski definition) is 2. The van der Waals surface area contributed by atoms with Gasteiger partial charge in [0.2, 0.25) is 0 Å². The Morgan fingerprint density at radius 3 is 2.41 bits per heavy atom. The van der Waals surface area contributed by atoms with Gasteiger partial charge in [-0.15, -0.1) is 0 Å². The van der Waals surface area contributed by atoms with E-state index in [2.05, 4.69) is 36.7 Å². The van der Waals surface area contributed by atoms with Crippen molar-refractivity contribution in [2.45, 2.75) is 70.4 Å². The fraction of sp³-hybridized carbons (Fsp3) is 0.786. The van der Waals surface area contributed by atoms with E-state index in [0.29, 0.717) is 6.04 Å². The van der Waals surface area contributed by atoms with Crippen LogP contribution in [0.3, 0.4) is 0 Å². The average Bonchev–Trinajstić information content (AvgIpc) is 2.66. The average molecular weight is 236 g/mol. The molecule has 17 heavy (non-hydrogen) atoms. The summed E-state index contributed by atoms with van der Waals surface area (Å²) in [6.45, 7) is 8.56. The van der Waals surface area contributed by atoms with Gasteiger partial charge in [0.1, 0.15) is 0 Å². The predicted molar refractivity (Wildman–Crippen MR) is 69.1 cm³/mol. The molecule has 1 fully saturated rings. The van der Waals surface area contributed by atoms with E-state index < -0.39 is 5.60 Å². The standard InChI is InChI=1S/C14H24N2O/c1-13(2,3)11-9-15-16(10-11)12-5-7-14(4,17)8-6-12/h9-10,12,17H,5-8H2,1-4H3. The van der Waals surface area contributed by atoms with Gasteiger partial charge in [0.05, 0.1) is 17.8 Å². The summed E-state index contributed by atoms with van der Waals surface area (Å²) in [4.78, 5) is 0. The first-order valence-corrected chi connectivity index (χ1v) is 6.55. The van der Waals surface area contributed by atoms with E-state index in [1.165, 1.54) is 5.56 Å². The van der Waals surface area contributed by atoms with Crippen LogP contribution in [0.1, 0.15) is 65.0 Å². The zero-order valence-electron chi connectivity index (χ0n) is 11.4. The molecule has 1 N–H and O–H groups in total. The van der Waals surface area contributed by atoms with Gasteiger partial charge in [-0.2, -0.15) is 5.10 Å². The molecule has 96 valence electrons. The lowest BCUT2D eigenvalue weighted by atomic mass is 9.83. The van der Waals surface area contributed by atoms with E-state index in [1.807, 2.05) is 13.1 Å². The van der Waals surface area contributed by atoms with E-state index in [0.717, 1.165) is 25.7 Å². The molecule has 2 rings (SSSR count). The molecule has 3 heteroatoms. The molecule has 0 spiro atoms. The van der Waals surface area contributed by atoms with Gasteiger partial charge in [0.25, 0.3) is 0 Å². The fourth-order valence-electron chi connectivity index (χ4n) is 2.41. The van der Waals surface area contributed by atoms with Gasteiger partial charge < -0.3 is 5.11 Å². The molecule has 1 aromatic heterocycles. The molecular formula is C14H24N2O. The maximum Gasteiger partial charge on any atom is 0.0621 e. The van der Waals surface area contributed by atoms with Crippen molar-refractivity contribution in [2.24, 2.45) is 0 Å². The predicted octanol–water partition coefficient (Wildman–Crippen LogP) is 3.05. The van der Waals surface area contributed by atoms with Crippen LogP contribution in [-0.4, -0.2) is 20.5 Å². The van der Waals surface area contributed by atoms with Gasteiger partial charge in [-0.25, -0.2) is 0 Å². The van der Waals surface area contributed by atoms with Crippen molar-refractivity contribution in [2.75, 3.05) is 0 Å². The van der Waals surface area contributed by atoms with Gasteiger partial charge in [-0.3, -0.25) is 4.68 Å². The lowest BCUT2D eigenvalue weighted by Crippen LogP contribution is -2.31. The largest absolute Gasteiger partial charge is 0.390 e. The van der Waals surface area contributed by atoms with Gasteiger partial charge in [0.15, 0.2) is 0 Å². The highest BCUT2D eigenvalue weighted by Gasteiger charge is 2.30. The smallest absolute Gasteiger partial charge is 0.0621 e. The van der Waals surface area contributed by atoms with Crippen molar-refractivity contribution in [3.05, 3.63) is 18.0 Å². The van der Waals surface area contributed by atoms with Crippen LogP contribution in [0.5, 0.6) is 0 Å². The zero-order valence-corrected chi connectivity index (χ0v) is 11.4. The summed E-state index contributed by atoms with van der Waals surface area (Å²) in [6.07, 6.45) is 7.96. The first-order valence-electron chi connectivity index (χ1n) is 6.55. The van der Waals surface area contributed by atoms with Gasteiger partial charge >= 0.3 is 0 Å². The van der Waals surface area contributed by atoms with E-state index >= 15 is 0 Å². The molecule has 0 aromatic carbocycles. The fourth-order valence-corrected chi connectivity index (χ4v) is 2.41. The molecule has 3 nitrogen and oxygen atoms in total. The van der Waals surface area contributed by atoms with Crippen molar-refractivity contribution in [3.8, 4) is 0 Å². The molecule has 1 saturated carbocycles. The molecule has 0 unspecified atom stereocenters. The third-order valence-electron chi connectivity index (χ3n) is 3.87. The molecule has 0 amide bonds. The summed E-state index contributed by atoms with van der Waals surface area (Å²) < 4.78 is 2.09. The summed E-state index contributed by atoms with van der Waals surface area (Å²) in [7, 11) is 0. The van der Waals surface area contributed by atoms with Crippen LogP contribution in [-0.2, 0) is 5.41 Å².